The normalized spacial score (nSPS) is 11.9. The molecular weight excluding hydrogens is 284 g/mol. The molecule has 2 rings (SSSR count). The zero-order chi connectivity index (χ0) is 14.0. The van der Waals surface area contributed by atoms with E-state index in [1.807, 2.05) is 18.4 Å². The zero-order valence-electron chi connectivity index (χ0n) is 10.6. The number of hydrogen-bond acceptors (Lipinski definition) is 4. The third-order valence-electron chi connectivity index (χ3n) is 2.81. The quantitative estimate of drug-likeness (QED) is 0.931. The summed E-state index contributed by atoms with van der Waals surface area (Å²) in [6, 6.07) is 3.15. The molecule has 5 nitrogen and oxygen atoms in total. The minimum Gasteiger partial charge on any atom is -0.366 e. The van der Waals surface area contributed by atoms with Crippen molar-refractivity contribution in [3.8, 4) is 0 Å². The molecule has 0 aliphatic heterocycles. The zero-order valence-corrected chi connectivity index (χ0v) is 12.2. The van der Waals surface area contributed by atoms with Gasteiger partial charge in [-0.15, -0.1) is 11.3 Å². The average molecular weight is 298 g/mol. The SMILES string of the molecule is Cc1ccsc1CN(C)S(=O)(=O)c1c[nH]ccc1=O. The standard InChI is InChI=1S/C12H14N2O3S2/c1-9-4-6-18-11(9)8-14(2)19(16,17)12-7-13-5-3-10(12)15/h3-7H,8H2,1-2H3,(H,13,15). The summed E-state index contributed by atoms with van der Waals surface area (Å²) in [6.45, 7) is 2.20. The van der Waals surface area contributed by atoms with Gasteiger partial charge in [-0.1, -0.05) is 0 Å². The molecule has 0 spiro atoms. The molecular formula is C12H14N2O3S2. The molecule has 0 atom stereocenters. The predicted molar refractivity (Wildman–Crippen MR) is 74.8 cm³/mol. The molecule has 0 fully saturated rings. The Hall–Kier alpha value is -1.44. The topological polar surface area (TPSA) is 70.2 Å². The number of thiophene rings is 1. The van der Waals surface area contributed by atoms with Gasteiger partial charge >= 0.3 is 0 Å². The van der Waals surface area contributed by atoms with Crippen molar-refractivity contribution in [2.45, 2.75) is 18.4 Å². The number of rotatable bonds is 4. The highest BCUT2D eigenvalue weighted by molar-refractivity contribution is 7.89. The van der Waals surface area contributed by atoms with Crippen molar-refractivity contribution < 1.29 is 8.42 Å². The van der Waals surface area contributed by atoms with Crippen LogP contribution < -0.4 is 5.43 Å². The van der Waals surface area contributed by atoms with Crippen LogP contribution in [0.4, 0.5) is 0 Å². The van der Waals surface area contributed by atoms with Crippen LogP contribution in [0.1, 0.15) is 10.4 Å². The molecule has 0 radical (unpaired) electrons. The number of H-pyrrole nitrogens is 1. The van der Waals surface area contributed by atoms with Gasteiger partial charge in [0.05, 0.1) is 0 Å². The van der Waals surface area contributed by atoms with Crippen molar-refractivity contribution in [1.82, 2.24) is 9.29 Å². The van der Waals surface area contributed by atoms with Crippen molar-refractivity contribution in [3.63, 3.8) is 0 Å². The number of nitrogens with zero attached hydrogens (tertiary/aromatic N) is 1. The van der Waals surface area contributed by atoms with E-state index in [1.165, 1.54) is 41.1 Å². The molecule has 0 bridgehead atoms. The highest BCUT2D eigenvalue weighted by Gasteiger charge is 2.24. The maximum atomic E-state index is 12.3. The lowest BCUT2D eigenvalue weighted by Crippen LogP contribution is -2.30. The minimum atomic E-state index is -3.77. The van der Waals surface area contributed by atoms with Crippen molar-refractivity contribution in [3.05, 3.63) is 50.6 Å². The molecule has 2 aromatic rings. The van der Waals surface area contributed by atoms with Crippen LogP contribution in [0.2, 0.25) is 0 Å². The Bertz CT molecular complexity index is 731. The van der Waals surface area contributed by atoms with Gasteiger partial charge in [-0.2, -0.15) is 4.31 Å². The predicted octanol–water partition coefficient (Wildman–Crippen LogP) is 1.57. The Labute approximate surface area is 115 Å². The molecule has 7 heteroatoms. The second-order valence-electron chi connectivity index (χ2n) is 4.16. The third kappa shape index (κ3) is 2.78. The van der Waals surface area contributed by atoms with Gasteiger partial charge in [-0.3, -0.25) is 4.79 Å². The number of aryl methyl sites for hydroxylation is 1. The Kier molecular flexibility index (Phi) is 3.88. The largest absolute Gasteiger partial charge is 0.366 e. The van der Waals surface area contributed by atoms with Crippen molar-refractivity contribution in [2.24, 2.45) is 0 Å². The molecule has 19 heavy (non-hydrogen) atoms. The smallest absolute Gasteiger partial charge is 0.248 e. The van der Waals surface area contributed by atoms with Crippen LogP contribution >= 0.6 is 11.3 Å². The number of hydrogen-bond donors (Lipinski definition) is 1. The summed E-state index contributed by atoms with van der Waals surface area (Å²) in [5.74, 6) is 0. The fourth-order valence-electron chi connectivity index (χ4n) is 1.62. The highest BCUT2D eigenvalue weighted by Crippen LogP contribution is 2.20. The number of pyridine rings is 1. The number of aromatic nitrogens is 1. The fraction of sp³-hybridized carbons (Fsp3) is 0.250. The van der Waals surface area contributed by atoms with Gasteiger partial charge in [0.15, 0.2) is 0 Å². The van der Waals surface area contributed by atoms with Gasteiger partial charge in [0.1, 0.15) is 4.90 Å². The Morgan fingerprint density at radius 3 is 2.68 bits per heavy atom. The van der Waals surface area contributed by atoms with Crippen molar-refractivity contribution in [1.29, 1.82) is 0 Å². The summed E-state index contributed by atoms with van der Waals surface area (Å²) in [5, 5.41) is 1.92. The van der Waals surface area contributed by atoms with E-state index in [1.54, 1.807) is 0 Å². The molecule has 0 amide bonds. The Morgan fingerprint density at radius 2 is 2.11 bits per heavy atom. The summed E-state index contributed by atoms with van der Waals surface area (Å²) < 4.78 is 25.8. The van der Waals surface area contributed by atoms with E-state index in [2.05, 4.69) is 4.98 Å². The van der Waals surface area contributed by atoms with E-state index in [0.717, 1.165) is 10.4 Å². The molecule has 0 aliphatic carbocycles. The molecule has 0 aliphatic rings. The van der Waals surface area contributed by atoms with Gasteiger partial charge in [0.25, 0.3) is 0 Å². The van der Waals surface area contributed by atoms with Crippen LogP contribution in [-0.4, -0.2) is 24.8 Å². The summed E-state index contributed by atoms with van der Waals surface area (Å²) in [4.78, 5) is 15.0. The molecule has 0 unspecified atom stereocenters. The van der Waals surface area contributed by atoms with E-state index in [-0.39, 0.29) is 11.4 Å². The van der Waals surface area contributed by atoms with Crippen molar-refractivity contribution in [2.75, 3.05) is 7.05 Å². The van der Waals surface area contributed by atoms with Crippen LogP contribution in [0.3, 0.4) is 0 Å². The summed E-state index contributed by atoms with van der Waals surface area (Å²) in [7, 11) is -2.29. The number of aromatic amines is 1. The summed E-state index contributed by atoms with van der Waals surface area (Å²) >= 11 is 1.50. The van der Waals surface area contributed by atoms with Crippen LogP contribution in [0.15, 0.2) is 39.6 Å². The second kappa shape index (κ2) is 5.28. The second-order valence-corrected chi connectivity index (χ2v) is 7.17. The Morgan fingerprint density at radius 1 is 1.37 bits per heavy atom. The third-order valence-corrected chi connectivity index (χ3v) is 5.64. The summed E-state index contributed by atoms with van der Waals surface area (Å²) in [5.41, 5.74) is 0.544. The monoisotopic (exact) mass is 298 g/mol. The first-order valence-corrected chi connectivity index (χ1v) is 7.91. The molecule has 0 saturated carbocycles. The van der Waals surface area contributed by atoms with E-state index in [0.29, 0.717) is 0 Å². The molecule has 102 valence electrons. The number of nitrogens with one attached hydrogen (secondary N) is 1. The van der Waals surface area contributed by atoms with Gasteiger partial charge in [0.2, 0.25) is 15.5 Å². The molecule has 0 saturated heterocycles. The van der Waals surface area contributed by atoms with Gasteiger partial charge in [0, 0.05) is 36.9 Å². The lowest BCUT2D eigenvalue weighted by Gasteiger charge is -2.16. The molecule has 0 aromatic carbocycles. The van der Waals surface area contributed by atoms with Crippen LogP contribution in [0, 0.1) is 6.92 Å². The van der Waals surface area contributed by atoms with Crippen LogP contribution in [0.25, 0.3) is 0 Å². The first-order chi connectivity index (χ1) is 8.93. The maximum absolute atomic E-state index is 12.3. The van der Waals surface area contributed by atoms with Crippen LogP contribution in [-0.2, 0) is 16.6 Å². The first kappa shape index (κ1) is 14.0. The van der Waals surface area contributed by atoms with Gasteiger partial charge < -0.3 is 4.98 Å². The molecule has 2 heterocycles. The minimum absolute atomic E-state index is 0.230. The van der Waals surface area contributed by atoms with Gasteiger partial charge in [-0.25, -0.2) is 8.42 Å². The van der Waals surface area contributed by atoms with Crippen LogP contribution in [0.5, 0.6) is 0 Å². The lowest BCUT2D eigenvalue weighted by molar-refractivity contribution is 0.468. The molecule has 2 aromatic heterocycles. The Balaban J connectivity index is 2.33. The fourth-order valence-corrected chi connectivity index (χ4v) is 3.84. The maximum Gasteiger partial charge on any atom is 0.248 e. The van der Waals surface area contributed by atoms with E-state index in [9.17, 15) is 13.2 Å². The highest BCUT2D eigenvalue weighted by atomic mass is 32.2. The molecule has 1 N–H and O–H groups in total. The summed E-state index contributed by atoms with van der Waals surface area (Å²) in [6.07, 6.45) is 2.63. The lowest BCUT2D eigenvalue weighted by atomic mass is 10.3. The van der Waals surface area contributed by atoms with E-state index >= 15 is 0 Å². The average Bonchev–Trinajstić information content (AvgIpc) is 2.75. The van der Waals surface area contributed by atoms with Crippen molar-refractivity contribution >= 4 is 21.4 Å². The van der Waals surface area contributed by atoms with E-state index < -0.39 is 15.5 Å². The number of sulfonamides is 1. The van der Waals surface area contributed by atoms with E-state index in [4.69, 9.17) is 0 Å². The van der Waals surface area contributed by atoms with Gasteiger partial charge in [-0.05, 0) is 23.9 Å². The first-order valence-electron chi connectivity index (χ1n) is 5.59.